The highest BCUT2D eigenvalue weighted by Crippen LogP contribution is 2.22. The molecule has 1 heterocycles. The Hall–Kier alpha value is -1.17. The molecule has 1 amide bonds. The second-order valence-electron chi connectivity index (χ2n) is 5.01. The van der Waals surface area contributed by atoms with E-state index in [2.05, 4.69) is 10.4 Å². The van der Waals surface area contributed by atoms with Crippen LogP contribution in [0.3, 0.4) is 0 Å². The second kappa shape index (κ2) is 6.32. The van der Waals surface area contributed by atoms with Crippen molar-refractivity contribution in [3.05, 3.63) is 18.0 Å². The molecule has 5 nitrogen and oxygen atoms in total. The molecule has 3 unspecified atom stereocenters. The van der Waals surface area contributed by atoms with Gasteiger partial charge >= 0.3 is 0 Å². The molecule has 0 spiro atoms. The monoisotopic (exact) mass is 283 g/mol. The Bertz CT molecular complexity index is 472. The SMILES string of the molecule is CCn1ccc(C(=O)NC2CCCC(S(C)=O)C2)n1. The Morgan fingerprint density at radius 1 is 1.58 bits per heavy atom. The molecule has 1 aliphatic carbocycles. The number of amides is 1. The molecule has 1 fully saturated rings. The van der Waals surface area contributed by atoms with Gasteiger partial charge in [0, 0.05) is 41.1 Å². The van der Waals surface area contributed by atoms with Gasteiger partial charge in [0.1, 0.15) is 5.69 Å². The Labute approximate surface area is 116 Å². The van der Waals surface area contributed by atoms with Gasteiger partial charge in [-0.25, -0.2) is 0 Å². The van der Waals surface area contributed by atoms with E-state index >= 15 is 0 Å². The molecule has 0 aromatic carbocycles. The van der Waals surface area contributed by atoms with Crippen molar-refractivity contribution in [3.63, 3.8) is 0 Å². The minimum absolute atomic E-state index is 0.125. The first-order valence-electron chi connectivity index (χ1n) is 6.76. The van der Waals surface area contributed by atoms with E-state index < -0.39 is 10.8 Å². The van der Waals surface area contributed by atoms with Gasteiger partial charge in [0.2, 0.25) is 0 Å². The van der Waals surface area contributed by atoms with Crippen molar-refractivity contribution in [2.24, 2.45) is 0 Å². The predicted octanol–water partition coefficient (Wildman–Crippen LogP) is 1.32. The highest BCUT2D eigenvalue weighted by atomic mass is 32.2. The van der Waals surface area contributed by atoms with Crippen LogP contribution in [-0.4, -0.2) is 37.4 Å². The summed E-state index contributed by atoms with van der Waals surface area (Å²) in [5.41, 5.74) is 0.460. The van der Waals surface area contributed by atoms with Crippen LogP contribution >= 0.6 is 0 Å². The molecule has 1 aromatic rings. The minimum atomic E-state index is -0.800. The van der Waals surface area contributed by atoms with Crippen LogP contribution < -0.4 is 5.32 Å². The van der Waals surface area contributed by atoms with E-state index in [1.807, 2.05) is 6.92 Å². The summed E-state index contributed by atoms with van der Waals surface area (Å²) < 4.78 is 13.3. The summed E-state index contributed by atoms with van der Waals surface area (Å²) >= 11 is 0. The number of hydrogen-bond acceptors (Lipinski definition) is 3. The molecule has 106 valence electrons. The Morgan fingerprint density at radius 3 is 3.00 bits per heavy atom. The van der Waals surface area contributed by atoms with Gasteiger partial charge < -0.3 is 5.32 Å². The summed E-state index contributed by atoms with van der Waals surface area (Å²) in [6.07, 6.45) is 7.35. The number of aromatic nitrogens is 2. The van der Waals surface area contributed by atoms with E-state index in [0.29, 0.717) is 5.69 Å². The van der Waals surface area contributed by atoms with Gasteiger partial charge in [0.25, 0.3) is 5.91 Å². The van der Waals surface area contributed by atoms with Crippen LogP contribution in [0, 0.1) is 0 Å². The maximum absolute atomic E-state index is 12.1. The maximum atomic E-state index is 12.1. The largest absolute Gasteiger partial charge is 0.348 e. The average molecular weight is 283 g/mol. The Morgan fingerprint density at radius 2 is 2.37 bits per heavy atom. The van der Waals surface area contributed by atoms with Gasteiger partial charge in [-0.3, -0.25) is 13.7 Å². The zero-order chi connectivity index (χ0) is 13.8. The molecule has 0 aliphatic heterocycles. The van der Waals surface area contributed by atoms with Crippen LogP contribution in [0.5, 0.6) is 0 Å². The molecule has 19 heavy (non-hydrogen) atoms. The van der Waals surface area contributed by atoms with E-state index in [1.54, 1.807) is 23.2 Å². The molecule has 0 bridgehead atoms. The normalized spacial score (nSPS) is 24.9. The molecule has 1 N–H and O–H groups in total. The maximum Gasteiger partial charge on any atom is 0.271 e. The number of nitrogens with zero attached hydrogens (tertiary/aromatic N) is 2. The van der Waals surface area contributed by atoms with Gasteiger partial charge in [-0.1, -0.05) is 6.42 Å². The van der Waals surface area contributed by atoms with Crippen molar-refractivity contribution in [3.8, 4) is 0 Å². The summed E-state index contributed by atoms with van der Waals surface area (Å²) in [6.45, 7) is 2.74. The third kappa shape index (κ3) is 3.65. The predicted molar refractivity (Wildman–Crippen MR) is 75.5 cm³/mol. The van der Waals surface area contributed by atoms with E-state index in [0.717, 1.165) is 32.2 Å². The molecule has 0 radical (unpaired) electrons. The second-order valence-corrected chi connectivity index (χ2v) is 6.68. The number of hydrogen-bond donors (Lipinski definition) is 1. The van der Waals surface area contributed by atoms with E-state index in [4.69, 9.17) is 0 Å². The Kier molecular flexibility index (Phi) is 4.74. The van der Waals surface area contributed by atoms with Crippen LogP contribution in [0.15, 0.2) is 12.3 Å². The number of rotatable bonds is 4. The van der Waals surface area contributed by atoms with Crippen molar-refractivity contribution in [2.75, 3.05) is 6.26 Å². The van der Waals surface area contributed by atoms with Crippen LogP contribution in [0.1, 0.15) is 43.1 Å². The average Bonchev–Trinajstić information content (AvgIpc) is 2.88. The van der Waals surface area contributed by atoms with Crippen LogP contribution in [0.4, 0.5) is 0 Å². The standard InChI is InChI=1S/C13H21N3O2S/c1-3-16-8-7-12(15-16)13(17)14-10-5-4-6-11(9-10)19(2)18/h7-8,10-11H,3-6,9H2,1-2H3,(H,14,17). The molecule has 6 heteroatoms. The first-order valence-corrected chi connectivity index (χ1v) is 8.38. The first-order chi connectivity index (χ1) is 9.10. The fraction of sp³-hybridized carbons (Fsp3) is 0.692. The fourth-order valence-electron chi connectivity index (χ4n) is 2.50. The van der Waals surface area contributed by atoms with Crippen molar-refractivity contribution in [2.45, 2.75) is 50.4 Å². The third-order valence-electron chi connectivity index (χ3n) is 3.63. The lowest BCUT2D eigenvalue weighted by Gasteiger charge is -2.28. The van der Waals surface area contributed by atoms with Crippen molar-refractivity contribution >= 4 is 16.7 Å². The number of carbonyl (C=O) groups excluding carboxylic acids is 1. The highest BCUT2D eigenvalue weighted by Gasteiger charge is 2.26. The van der Waals surface area contributed by atoms with Crippen molar-refractivity contribution in [1.82, 2.24) is 15.1 Å². The van der Waals surface area contributed by atoms with E-state index in [1.165, 1.54) is 0 Å². The number of nitrogens with one attached hydrogen (secondary N) is 1. The highest BCUT2D eigenvalue weighted by molar-refractivity contribution is 7.84. The van der Waals surface area contributed by atoms with Gasteiger partial charge in [-0.15, -0.1) is 0 Å². The number of carbonyl (C=O) groups is 1. The van der Waals surface area contributed by atoms with Gasteiger partial charge in [-0.2, -0.15) is 5.10 Å². The molecule has 1 aliphatic rings. The summed E-state index contributed by atoms with van der Waals surface area (Å²) in [4.78, 5) is 12.1. The van der Waals surface area contributed by atoms with Crippen LogP contribution in [0.25, 0.3) is 0 Å². The Balaban J connectivity index is 1.93. The molecule has 3 atom stereocenters. The molecular formula is C13H21N3O2S. The first kappa shape index (κ1) is 14.2. The van der Waals surface area contributed by atoms with E-state index in [9.17, 15) is 9.00 Å². The van der Waals surface area contributed by atoms with E-state index in [-0.39, 0.29) is 17.2 Å². The lowest BCUT2D eigenvalue weighted by atomic mass is 9.95. The summed E-state index contributed by atoms with van der Waals surface area (Å²) in [7, 11) is -0.800. The topological polar surface area (TPSA) is 64.0 Å². The van der Waals surface area contributed by atoms with Gasteiger partial charge in [0.15, 0.2) is 0 Å². The number of aryl methyl sites for hydroxylation is 1. The summed E-state index contributed by atoms with van der Waals surface area (Å²) in [5.74, 6) is -0.125. The van der Waals surface area contributed by atoms with Crippen molar-refractivity contribution in [1.29, 1.82) is 0 Å². The fourth-order valence-corrected chi connectivity index (χ4v) is 3.50. The lowest BCUT2D eigenvalue weighted by Crippen LogP contribution is -2.40. The molecular weight excluding hydrogens is 262 g/mol. The third-order valence-corrected chi connectivity index (χ3v) is 5.00. The smallest absolute Gasteiger partial charge is 0.271 e. The molecule has 2 rings (SSSR count). The molecule has 1 saturated carbocycles. The zero-order valence-electron chi connectivity index (χ0n) is 11.5. The van der Waals surface area contributed by atoms with Gasteiger partial charge in [-0.05, 0) is 32.3 Å². The molecule has 1 aromatic heterocycles. The van der Waals surface area contributed by atoms with Crippen LogP contribution in [-0.2, 0) is 17.3 Å². The quantitative estimate of drug-likeness (QED) is 0.906. The zero-order valence-corrected chi connectivity index (χ0v) is 12.3. The lowest BCUT2D eigenvalue weighted by molar-refractivity contribution is 0.0922. The molecule has 0 saturated heterocycles. The minimum Gasteiger partial charge on any atom is -0.348 e. The van der Waals surface area contributed by atoms with Gasteiger partial charge in [0.05, 0.1) is 0 Å². The summed E-state index contributed by atoms with van der Waals surface area (Å²) in [5, 5.41) is 7.42. The summed E-state index contributed by atoms with van der Waals surface area (Å²) in [6, 6.07) is 1.86. The van der Waals surface area contributed by atoms with Crippen LogP contribution in [0.2, 0.25) is 0 Å². The van der Waals surface area contributed by atoms with Crippen molar-refractivity contribution < 1.29 is 9.00 Å².